The molecule has 1 atom stereocenters. The molecule has 2 amide bonds. The summed E-state index contributed by atoms with van der Waals surface area (Å²) in [6.07, 6.45) is 1.69. The molecule has 0 bridgehead atoms. The van der Waals surface area contributed by atoms with Crippen LogP contribution in [0.25, 0.3) is 0 Å². The molecular formula is C15H17BrN2O3. The second kappa shape index (κ2) is 5.67. The van der Waals surface area contributed by atoms with E-state index in [1.54, 1.807) is 16.9 Å². The van der Waals surface area contributed by atoms with Crippen molar-refractivity contribution in [1.29, 1.82) is 0 Å². The van der Waals surface area contributed by atoms with E-state index in [9.17, 15) is 9.59 Å². The van der Waals surface area contributed by atoms with E-state index in [1.807, 2.05) is 18.2 Å². The standard InChI is InChI=1S/C15H17BrN2O3/c1-21-11-4-5-12(16)10(7-11)8-17-9-14(19)18-6-2-3-13(18)15(17)20/h4-5,7,13H,2-3,6,8-9H2,1H3. The van der Waals surface area contributed by atoms with Crippen LogP contribution in [0.2, 0.25) is 0 Å². The van der Waals surface area contributed by atoms with Crippen LogP contribution in [0.5, 0.6) is 5.75 Å². The minimum atomic E-state index is -0.254. The Morgan fingerprint density at radius 2 is 2.19 bits per heavy atom. The van der Waals surface area contributed by atoms with Crippen LogP contribution in [0.1, 0.15) is 18.4 Å². The lowest BCUT2D eigenvalue weighted by Crippen LogP contribution is -2.56. The number of nitrogens with zero attached hydrogens (tertiary/aromatic N) is 2. The number of fused-ring (bicyclic) bond motifs is 1. The van der Waals surface area contributed by atoms with Gasteiger partial charge < -0.3 is 14.5 Å². The van der Waals surface area contributed by atoms with Gasteiger partial charge in [-0.15, -0.1) is 0 Å². The van der Waals surface area contributed by atoms with Crippen LogP contribution in [0.3, 0.4) is 0 Å². The van der Waals surface area contributed by atoms with Gasteiger partial charge in [0.25, 0.3) is 0 Å². The van der Waals surface area contributed by atoms with Crippen molar-refractivity contribution in [2.24, 2.45) is 0 Å². The molecule has 2 aliphatic rings. The molecule has 1 aromatic carbocycles. The van der Waals surface area contributed by atoms with Gasteiger partial charge in [-0.1, -0.05) is 15.9 Å². The van der Waals surface area contributed by atoms with E-state index >= 15 is 0 Å². The fraction of sp³-hybridized carbons (Fsp3) is 0.467. The summed E-state index contributed by atoms with van der Waals surface area (Å²) in [5.74, 6) is 0.851. The number of hydrogen-bond donors (Lipinski definition) is 0. The van der Waals surface area contributed by atoms with Gasteiger partial charge in [0.05, 0.1) is 7.11 Å². The molecule has 2 aliphatic heterocycles. The molecule has 112 valence electrons. The Kier molecular flexibility index (Phi) is 3.89. The number of amides is 2. The number of hydrogen-bond acceptors (Lipinski definition) is 3. The van der Waals surface area contributed by atoms with Gasteiger partial charge in [0, 0.05) is 17.6 Å². The molecule has 0 aliphatic carbocycles. The first-order chi connectivity index (χ1) is 10.1. The zero-order chi connectivity index (χ0) is 15.0. The van der Waals surface area contributed by atoms with Gasteiger partial charge in [0.15, 0.2) is 0 Å². The maximum Gasteiger partial charge on any atom is 0.246 e. The van der Waals surface area contributed by atoms with Gasteiger partial charge in [-0.25, -0.2) is 0 Å². The summed E-state index contributed by atoms with van der Waals surface area (Å²) in [6.45, 7) is 1.30. The highest BCUT2D eigenvalue weighted by Gasteiger charge is 2.41. The Labute approximate surface area is 132 Å². The summed E-state index contributed by atoms with van der Waals surface area (Å²) < 4.78 is 6.13. The minimum Gasteiger partial charge on any atom is -0.497 e. The van der Waals surface area contributed by atoms with Gasteiger partial charge in [-0.05, 0) is 36.6 Å². The third-order valence-electron chi connectivity index (χ3n) is 4.11. The largest absolute Gasteiger partial charge is 0.497 e. The van der Waals surface area contributed by atoms with Crippen LogP contribution in [-0.4, -0.2) is 47.9 Å². The number of benzene rings is 1. The second-order valence-electron chi connectivity index (χ2n) is 5.40. The highest BCUT2D eigenvalue weighted by molar-refractivity contribution is 9.10. The Hall–Kier alpha value is -1.56. The first-order valence-corrected chi connectivity index (χ1v) is 7.80. The summed E-state index contributed by atoms with van der Waals surface area (Å²) in [6, 6.07) is 5.39. The molecule has 3 rings (SSSR count). The average molecular weight is 353 g/mol. The molecule has 21 heavy (non-hydrogen) atoms. The minimum absolute atomic E-state index is 0.0520. The molecule has 1 aromatic rings. The Bertz CT molecular complexity index is 590. The maximum absolute atomic E-state index is 12.5. The molecule has 0 aromatic heterocycles. The van der Waals surface area contributed by atoms with E-state index < -0.39 is 0 Å². The molecule has 2 fully saturated rings. The highest BCUT2D eigenvalue weighted by atomic mass is 79.9. The zero-order valence-electron chi connectivity index (χ0n) is 11.8. The molecule has 5 nitrogen and oxygen atoms in total. The fourth-order valence-corrected chi connectivity index (χ4v) is 3.38. The van der Waals surface area contributed by atoms with Crippen molar-refractivity contribution in [3.63, 3.8) is 0 Å². The van der Waals surface area contributed by atoms with Crippen molar-refractivity contribution in [3.05, 3.63) is 28.2 Å². The number of piperazine rings is 1. The predicted molar refractivity (Wildman–Crippen MR) is 80.8 cm³/mol. The first kappa shape index (κ1) is 14.4. The Morgan fingerprint density at radius 3 is 2.95 bits per heavy atom. The van der Waals surface area contributed by atoms with Crippen LogP contribution in [0.4, 0.5) is 0 Å². The summed E-state index contributed by atoms with van der Waals surface area (Å²) in [5, 5.41) is 0. The number of rotatable bonds is 3. The van der Waals surface area contributed by atoms with Crippen molar-refractivity contribution in [2.45, 2.75) is 25.4 Å². The van der Waals surface area contributed by atoms with Gasteiger partial charge in [-0.3, -0.25) is 9.59 Å². The molecule has 0 N–H and O–H groups in total. The molecule has 0 spiro atoms. The van der Waals surface area contributed by atoms with Crippen LogP contribution in [0.15, 0.2) is 22.7 Å². The number of ether oxygens (including phenoxy) is 1. The van der Waals surface area contributed by atoms with Gasteiger partial charge in [-0.2, -0.15) is 0 Å². The molecule has 0 saturated carbocycles. The molecule has 0 radical (unpaired) electrons. The number of methoxy groups -OCH3 is 1. The lowest BCUT2D eigenvalue weighted by atomic mass is 10.1. The van der Waals surface area contributed by atoms with Crippen molar-refractivity contribution < 1.29 is 14.3 Å². The van der Waals surface area contributed by atoms with Crippen LogP contribution >= 0.6 is 15.9 Å². The normalized spacial score (nSPS) is 21.7. The lowest BCUT2D eigenvalue weighted by Gasteiger charge is -2.36. The summed E-state index contributed by atoms with van der Waals surface area (Å²) in [4.78, 5) is 28.0. The quantitative estimate of drug-likeness (QED) is 0.833. The maximum atomic E-state index is 12.5. The lowest BCUT2D eigenvalue weighted by molar-refractivity contribution is -0.154. The van der Waals surface area contributed by atoms with E-state index in [1.165, 1.54) is 0 Å². The summed E-state index contributed by atoms with van der Waals surface area (Å²) in [5.41, 5.74) is 0.946. The van der Waals surface area contributed by atoms with Gasteiger partial charge in [0.1, 0.15) is 18.3 Å². The van der Waals surface area contributed by atoms with E-state index in [4.69, 9.17) is 4.74 Å². The Balaban J connectivity index is 1.81. The zero-order valence-corrected chi connectivity index (χ0v) is 13.4. The van der Waals surface area contributed by atoms with Gasteiger partial charge >= 0.3 is 0 Å². The third-order valence-corrected chi connectivity index (χ3v) is 4.88. The van der Waals surface area contributed by atoms with E-state index in [2.05, 4.69) is 15.9 Å². The number of carbonyl (C=O) groups excluding carboxylic acids is 2. The molecule has 2 heterocycles. The van der Waals surface area contributed by atoms with Gasteiger partial charge in [0.2, 0.25) is 11.8 Å². The SMILES string of the molecule is COc1ccc(Br)c(CN2CC(=O)N3CCCC3C2=O)c1. The first-order valence-electron chi connectivity index (χ1n) is 7.01. The third kappa shape index (κ3) is 2.64. The average Bonchev–Trinajstić information content (AvgIpc) is 2.97. The van der Waals surface area contributed by atoms with Crippen molar-refractivity contribution in [1.82, 2.24) is 9.80 Å². The number of carbonyl (C=O) groups is 2. The van der Waals surface area contributed by atoms with Crippen LogP contribution in [0, 0.1) is 0 Å². The molecular weight excluding hydrogens is 336 g/mol. The van der Waals surface area contributed by atoms with Crippen LogP contribution < -0.4 is 4.74 Å². The van der Waals surface area contributed by atoms with Crippen molar-refractivity contribution in [3.8, 4) is 5.75 Å². The van der Waals surface area contributed by atoms with Crippen molar-refractivity contribution >= 4 is 27.7 Å². The smallest absolute Gasteiger partial charge is 0.246 e. The van der Waals surface area contributed by atoms with E-state index in [0.717, 1.165) is 28.6 Å². The second-order valence-corrected chi connectivity index (χ2v) is 6.25. The van der Waals surface area contributed by atoms with E-state index in [0.29, 0.717) is 13.1 Å². The summed E-state index contributed by atoms with van der Waals surface area (Å²) in [7, 11) is 1.61. The van der Waals surface area contributed by atoms with Crippen LogP contribution in [-0.2, 0) is 16.1 Å². The summed E-state index contributed by atoms with van der Waals surface area (Å²) >= 11 is 3.49. The van der Waals surface area contributed by atoms with E-state index in [-0.39, 0.29) is 24.4 Å². The molecule has 2 saturated heterocycles. The molecule has 1 unspecified atom stereocenters. The Morgan fingerprint density at radius 1 is 1.38 bits per heavy atom. The van der Waals surface area contributed by atoms with Crippen molar-refractivity contribution in [2.75, 3.05) is 20.2 Å². The predicted octanol–water partition coefficient (Wildman–Crippen LogP) is 1.79. The monoisotopic (exact) mass is 352 g/mol. The molecule has 6 heteroatoms. The fourth-order valence-electron chi connectivity index (χ4n) is 3.00. The highest BCUT2D eigenvalue weighted by Crippen LogP contribution is 2.28. The topological polar surface area (TPSA) is 49.9 Å². The number of halogens is 1.